The van der Waals surface area contributed by atoms with Gasteiger partial charge in [0.15, 0.2) is 0 Å². The van der Waals surface area contributed by atoms with E-state index in [1.54, 1.807) is 16.7 Å². The number of hydrogen-bond acceptors (Lipinski definition) is 6. The first kappa shape index (κ1) is 21.1. The normalized spacial score (nSPS) is 17.9. The molecule has 2 atom stereocenters. The average Bonchev–Trinajstić information content (AvgIpc) is 2.61. The average molecular weight is 488 g/mol. The highest BCUT2D eigenvalue weighted by molar-refractivity contribution is 14.1. The van der Waals surface area contributed by atoms with E-state index >= 15 is 0 Å². The number of rotatable bonds is 6. The number of hydrogen-bond donors (Lipinski definition) is 1. The summed E-state index contributed by atoms with van der Waals surface area (Å²) in [6.45, 7) is 3.72. The third kappa shape index (κ3) is 5.91. The van der Waals surface area contributed by atoms with Crippen LogP contribution in [0.15, 0.2) is 12.4 Å². The first-order valence-corrected chi connectivity index (χ1v) is 9.28. The van der Waals surface area contributed by atoms with Gasteiger partial charge in [-0.3, -0.25) is 4.79 Å². The molecule has 7 nitrogen and oxygen atoms in total. The molecule has 26 heavy (non-hydrogen) atoms. The smallest absolute Gasteiger partial charge is 0.380 e. The molecular weight excluding hydrogens is 468 g/mol. The lowest BCUT2D eigenvalue weighted by Crippen LogP contribution is -2.49. The Morgan fingerprint density at radius 1 is 1.31 bits per heavy atom. The van der Waals surface area contributed by atoms with Crippen LogP contribution in [0.4, 0.5) is 19.1 Å². The van der Waals surface area contributed by atoms with Crippen LogP contribution in [0.25, 0.3) is 0 Å². The van der Waals surface area contributed by atoms with Gasteiger partial charge in [0, 0.05) is 38.6 Å². The van der Waals surface area contributed by atoms with Gasteiger partial charge in [0.25, 0.3) is 0 Å². The van der Waals surface area contributed by atoms with Gasteiger partial charge in [0.05, 0.1) is 24.7 Å². The number of anilines is 1. The Kier molecular flexibility index (Phi) is 7.41. The Morgan fingerprint density at radius 2 is 1.88 bits per heavy atom. The zero-order valence-corrected chi connectivity index (χ0v) is 16.3. The van der Waals surface area contributed by atoms with Crippen LogP contribution in [0, 0.1) is 0 Å². The minimum atomic E-state index is -4.46. The highest BCUT2D eigenvalue weighted by Gasteiger charge is 2.32. The predicted molar refractivity (Wildman–Crippen MR) is 95.9 cm³/mol. The van der Waals surface area contributed by atoms with Crippen LogP contribution in [0.1, 0.15) is 18.9 Å². The molecule has 1 aliphatic heterocycles. The van der Waals surface area contributed by atoms with E-state index in [1.165, 1.54) is 0 Å². The molecule has 0 saturated carbocycles. The number of piperazine rings is 1. The number of halogens is 4. The van der Waals surface area contributed by atoms with E-state index in [2.05, 4.69) is 9.97 Å². The first-order valence-electron chi connectivity index (χ1n) is 8.04. The van der Waals surface area contributed by atoms with Crippen molar-refractivity contribution in [2.24, 2.45) is 0 Å². The Labute approximate surface area is 162 Å². The van der Waals surface area contributed by atoms with Crippen molar-refractivity contribution in [3.8, 4) is 0 Å². The van der Waals surface area contributed by atoms with Crippen molar-refractivity contribution in [3.63, 3.8) is 0 Å². The molecule has 0 aliphatic carbocycles. The quantitative estimate of drug-likeness (QED) is 0.486. The summed E-state index contributed by atoms with van der Waals surface area (Å²) in [5.41, 5.74) is -0.888. The van der Waals surface area contributed by atoms with E-state index < -0.39 is 15.9 Å². The molecule has 1 aromatic heterocycles. The topological polar surface area (TPSA) is 78.8 Å². The molecule has 11 heteroatoms. The minimum absolute atomic E-state index is 0.0619. The Hall–Kier alpha value is -1.21. The standard InChI is InChI=1S/C15H20F3IN4O3/c1-10(13(19)25)26-7-2-12(24)22-3-5-23(6-4-22)14-20-8-11(9-21-14)15(16,17)18/h8-10,13,25H,2-7H2,1H3. The number of amides is 1. The third-order valence-corrected chi connectivity index (χ3v) is 4.98. The van der Waals surface area contributed by atoms with Gasteiger partial charge in [-0.15, -0.1) is 0 Å². The minimum Gasteiger partial charge on any atom is -0.380 e. The summed E-state index contributed by atoms with van der Waals surface area (Å²) in [6.07, 6.45) is -3.07. The first-order chi connectivity index (χ1) is 12.2. The van der Waals surface area contributed by atoms with E-state index in [0.29, 0.717) is 26.2 Å². The summed E-state index contributed by atoms with van der Waals surface area (Å²) in [6, 6.07) is 0. The number of aliphatic hydroxyl groups is 1. The Bertz CT molecular complexity index is 593. The van der Waals surface area contributed by atoms with Gasteiger partial charge in [-0.1, -0.05) is 0 Å². The molecule has 0 spiro atoms. The number of alkyl halides is 4. The molecule has 1 aromatic rings. The summed E-state index contributed by atoms with van der Waals surface area (Å²) >= 11 is 1.84. The summed E-state index contributed by atoms with van der Waals surface area (Å²) < 4.78 is 42.3. The van der Waals surface area contributed by atoms with E-state index in [1.807, 2.05) is 22.6 Å². The van der Waals surface area contributed by atoms with Crippen LogP contribution < -0.4 is 4.90 Å². The molecule has 1 aliphatic rings. The van der Waals surface area contributed by atoms with Gasteiger partial charge in [-0.25, -0.2) is 9.97 Å². The van der Waals surface area contributed by atoms with Gasteiger partial charge in [-0.2, -0.15) is 13.2 Å². The van der Waals surface area contributed by atoms with Crippen LogP contribution in [0.3, 0.4) is 0 Å². The maximum Gasteiger partial charge on any atom is 0.419 e. The van der Waals surface area contributed by atoms with Gasteiger partial charge in [0.1, 0.15) is 4.11 Å². The molecule has 1 amide bonds. The Morgan fingerprint density at radius 3 is 2.38 bits per heavy atom. The van der Waals surface area contributed by atoms with Gasteiger partial charge < -0.3 is 19.6 Å². The molecule has 2 unspecified atom stereocenters. The van der Waals surface area contributed by atoms with Crippen molar-refractivity contribution in [2.45, 2.75) is 29.7 Å². The lowest BCUT2D eigenvalue weighted by Gasteiger charge is -2.34. The molecular formula is C15H20F3IN4O3. The number of aliphatic hydroxyl groups excluding tert-OH is 1. The Balaban J connectivity index is 1.78. The van der Waals surface area contributed by atoms with E-state index in [9.17, 15) is 23.1 Å². The van der Waals surface area contributed by atoms with Gasteiger partial charge in [-0.05, 0) is 29.5 Å². The second-order valence-electron chi connectivity index (χ2n) is 5.84. The number of carbonyl (C=O) groups excluding carboxylic acids is 1. The SMILES string of the molecule is CC(OCCC(=O)N1CCN(c2ncc(C(F)(F)F)cn2)CC1)C(O)I. The molecule has 2 rings (SSSR count). The second kappa shape index (κ2) is 9.13. The van der Waals surface area contributed by atoms with Crippen molar-refractivity contribution in [2.75, 3.05) is 37.7 Å². The largest absolute Gasteiger partial charge is 0.419 e. The fraction of sp³-hybridized carbons (Fsp3) is 0.667. The summed E-state index contributed by atoms with van der Waals surface area (Å²) in [5.74, 6) is 0.159. The molecule has 2 heterocycles. The van der Waals surface area contributed by atoms with Crippen molar-refractivity contribution in [1.29, 1.82) is 0 Å². The monoisotopic (exact) mass is 488 g/mol. The van der Waals surface area contributed by atoms with Crippen LogP contribution in [0.5, 0.6) is 0 Å². The second-order valence-corrected chi connectivity index (χ2v) is 7.11. The summed E-state index contributed by atoms with van der Waals surface area (Å²) in [7, 11) is 0. The van der Waals surface area contributed by atoms with E-state index in [-0.39, 0.29) is 31.0 Å². The summed E-state index contributed by atoms with van der Waals surface area (Å²) in [5, 5.41) is 9.32. The van der Waals surface area contributed by atoms with E-state index in [4.69, 9.17) is 4.74 Å². The lowest BCUT2D eigenvalue weighted by molar-refractivity contribution is -0.138. The maximum absolute atomic E-state index is 12.5. The third-order valence-electron chi connectivity index (χ3n) is 3.96. The van der Waals surface area contributed by atoms with Crippen molar-refractivity contribution in [3.05, 3.63) is 18.0 Å². The molecule has 0 radical (unpaired) electrons. The van der Waals surface area contributed by atoms with Crippen LogP contribution in [-0.2, 0) is 15.7 Å². The number of ether oxygens (including phenoxy) is 1. The zero-order chi connectivity index (χ0) is 19.3. The highest BCUT2D eigenvalue weighted by Crippen LogP contribution is 2.28. The van der Waals surface area contributed by atoms with Gasteiger partial charge >= 0.3 is 6.18 Å². The van der Waals surface area contributed by atoms with Crippen molar-refractivity contribution < 1.29 is 27.8 Å². The number of aromatic nitrogens is 2. The molecule has 1 fully saturated rings. The molecule has 1 N–H and O–H groups in total. The predicted octanol–water partition coefficient (Wildman–Crippen LogP) is 1.69. The zero-order valence-electron chi connectivity index (χ0n) is 14.1. The fourth-order valence-corrected chi connectivity index (χ4v) is 2.56. The van der Waals surface area contributed by atoms with Crippen LogP contribution in [-0.4, -0.2) is 68.9 Å². The summed E-state index contributed by atoms with van der Waals surface area (Å²) in [4.78, 5) is 23.1. The van der Waals surface area contributed by atoms with Crippen molar-refractivity contribution in [1.82, 2.24) is 14.9 Å². The number of nitrogens with zero attached hydrogens (tertiary/aromatic N) is 4. The molecule has 0 bridgehead atoms. The van der Waals surface area contributed by atoms with E-state index in [0.717, 1.165) is 12.4 Å². The molecule has 146 valence electrons. The lowest BCUT2D eigenvalue weighted by atomic mass is 10.3. The number of carbonyl (C=O) groups is 1. The van der Waals surface area contributed by atoms with Crippen LogP contribution in [0.2, 0.25) is 0 Å². The van der Waals surface area contributed by atoms with Gasteiger partial charge in [0.2, 0.25) is 11.9 Å². The molecule has 0 aromatic carbocycles. The molecule has 1 saturated heterocycles. The fourth-order valence-electron chi connectivity index (χ4n) is 2.36. The maximum atomic E-state index is 12.5. The van der Waals surface area contributed by atoms with Crippen LogP contribution >= 0.6 is 22.6 Å². The highest BCUT2D eigenvalue weighted by atomic mass is 127. The van der Waals surface area contributed by atoms with Crippen molar-refractivity contribution >= 4 is 34.4 Å².